The van der Waals surface area contributed by atoms with Gasteiger partial charge in [0.15, 0.2) is 21.3 Å². The molecule has 152 valence electrons. The predicted octanol–water partition coefficient (Wildman–Crippen LogP) is 3.32. The van der Waals surface area contributed by atoms with E-state index < -0.39 is 9.84 Å². The minimum Gasteiger partial charge on any atom is -0.496 e. The average molecular weight is 408 g/mol. The Hall–Kier alpha value is -2.87. The maximum atomic E-state index is 12.6. The Morgan fingerprint density at radius 2 is 1.29 bits per heavy atom. The maximum Gasteiger partial charge on any atom is 0.203 e. The number of hydrogen-bond donors (Lipinski definition) is 0. The zero-order valence-corrected chi connectivity index (χ0v) is 17.3. The molecule has 0 bridgehead atoms. The number of ether oxygens (including phenoxy) is 5. The molecule has 0 amide bonds. The normalized spacial score (nSPS) is 11.3. The minimum atomic E-state index is -3.60. The van der Waals surface area contributed by atoms with Gasteiger partial charge in [-0.05, 0) is 35.9 Å². The fraction of sp³-hybridized carbons (Fsp3) is 0.300. The molecule has 0 aromatic heterocycles. The highest BCUT2D eigenvalue weighted by Gasteiger charge is 2.17. The molecule has 0 unspecified atom stereocenters. The van der Waals surface area contributed by atoms with Crippen LogP contribution in [0.25, 0.3) is 6.08 Å². The van der Waals surface area contributed by atoms with Crippen molar-refractivity contribution in [3.63, 3.8) is 0 Å². The van der Waals surface area contributed by atoms with E-state index in [1.807, 2.05) is 0 Å². The zero-order chi connectivity index (χ0) is 20.7. The van der Waals surface area contributed by atoms with Crippen LogP contribution in [0.3, 0.4) is 0 Å². The van der Waals surface area contributed by atoms with Gasteiger partial charge in [0.25, 0.3) is 0 Å². The second-order valence-electron chi connectivity index (χ2n) is 5.72. The summed E-state index contributed by atoms with van der Waals surface area (Å²) in [6.07, 6.45) is 1.46. The highest BCUT2D eigenvalue weighted by Crippen LogP contribution is 2.38. The fourth-order valence-corrected chi connectivity index (χ4v) is 3.79. The molecule has 7 nitrogen and oxygen atoms in total. The van der Waals surface area contributed by atoms with E-state index in [0.717, 1.165) is 5.41 Å². The average Bonchev–Trinajstić information content (AvgIpc) is 2.70. The van der Waals surface area contributed by atoms with Crippen molar-refractivity contribution in [1.82, 2.24) is 0 Å². The van der Waals surface area contributed by atoms with Gasteiger partial charge in [0, 0.05) is 5.41 Å². The van der Waals surface area contributed by atoms with Gasteiger partial charge in [-0.1, -0.05) is 6.07 Å². The Balaban J connectivity index is 2.36. The molecule has 8 heteroatoms. The van der Waals surface area contributed by atoms with Crippen molar-refractivity contribution in [2.24, 2.45) is 0 Å². The number of hydrogen-bond acceptors (Lipinski definition) is 7. The van der Waals surface area contributed by atoms with Crippen LogP contribution in [0.5, 0.6) is 28.7 Å². The van der Waals surface area contributed by atoms with E-state index in [0.29, 0.717) is 39.9 Å². The van der Waals surface area contributed by atoms with Crippen LogP contribution in [0.15, 0.2) is 35.7 Å². The predicted molar refractivity (Wildman–Crippen MR) is 107 cm³/mol. The third-order valence-electron chi connectivity index (χ3n) is 4.00. The lowest BCUT2D eigenvalue weighted by atomic mass is 10.2. The first-order valence-electron chi connectivity index (χ1n) is 8.29. The van der Waals surface area contributed by atoms with Gasteiger partial charge in [0.1, 0.15) is 11.5 Å². The number of benzene rings is 2. The first-order chi connectivity index (χ1) is 13.4. The summed E-state index contributed by atoms with van der Waals surface area (Å²) in [5.74, 6) is 1.97. The summed E-state index contributed by atoms with van der Waals surface area (Å²) in [4.78, 5) is 0. The van der Waals surface area contributed by atoms with E-state index >= 15 is 0 Å². The molecule has 2 rings (SSSR count). The van der Waals surface area contributed by atoms with Crippen molar-refractivity contribution in [3.05, 3.63) is 46.9 Å². The van der Waals surface area contributed by atoms with E-state index in [1.165, 1.54) is 41.6 Å². The van der Waals surface area contributed by atoms with Crippen LogP contribution in [-0.2, 0) is 15.6 Å². The van der Waals surface area contributed by atoms with Gasteiger partial charge in [-0.25, -0.2) is 8.42 Å². The van der Waals surface area contributed by atoms with E-state index in [-0.39, 0.29) is 5.75 Å². The number of rotatable bonds is 9. The molecule has 28 heavy (non-hydrogen) atoms. The van der Waals surface area contributed by atoms with Gasteiger partial charge < -0.3 is 23.7 Å². The van der Waals surface area contributed by atoms with E-state index in [9.17, 15) is 8.42 Å². The van der Waals surface area contributed by atoms with Crippen molar-refractivity contribution in [1.29, 1.82) is 0 Å². The zero-order valence-electron chi connectivity index (χ0n) is 16.5. The van der Waals surface area contributed by atoms with Crippen molar-refractivity contribution in [2.45, 2.75) is 5.75 Å². The van der Waals surface area contributed by atoms with Crippen LogP contribution >= 0.6 is 0 Å². The lowest BCUT2D eigenvalue weighted by molar-refractivity contribution is 0.324. The van der Waals surface area contributed by atoms with Crippen molar-refractivity contribution < 1.29 is 32.1 Å². The van der Waals surface area contributed by atoms with Gasteiger partial charge in [-0.3, -0.25) is 0 Å². The third kappa shape index (κ3) is 4.89. The molecule has 0 aliphatic heterocycles. The van der Waals surface area contributed by atoms with Crippen LogP contribution in [0.4, 0.5) is 0 Å². The highest BCUT2D eigenvalue weighted by molar-refractivity contribution is 7.93. The molecular weight excluding hydrogens is 384 g/mol. The monoisotopic (exact) mass is 408 g/mol. The van der Waals surface area contributed by atoms with E-state index in [2.05, 4.69) is 0 Å². The lowest BCUT2D eigenvalue weighted by Gasteiger charge is -2.14. The second-order valence-corrected chi connectivity index (χ2v) is 7.61. The van der Waals surface area contributed by atoms with E-state index in [4.69, 9.17) is 23.7 Å². The SMILES string of the molecule is COc1cccc(OC)c1/C=C/S(=O)(=O)Cc1cc(OC)c(OC)c(OC)c1. The molecule has 0 fully saturated rings. The Morgan fingerprint density at radius 1 is 0.786 bits per heavy atom. The third-order valence-corrected chi connectivity index (χ3v) is 5.29. The van der Waals surface area contributed by atoms with Gasteiger partial charge in [0.2, 0.25) is 5.75 Å². The van der Waals surface area contributed by atoms with Gasteiger partial charge in [-0.2, -0.15) is 0 Å². The quantitative estimate of drug-likeness (QED) is 0.630. The Morgan fingerprint density at radius 3 is 1.71 bits per heavy atom. The fourth-order valence-electron chi connectivity index (χ4n) is 2.72. The van der Waals surface area contributed by atoms with Crippen LogP contribution < -0.4 is 23.7 Å². The maximum absolute atomic E-state index is 12.6. The van der Waals surface area contributed by atoms with Gasteiger partial charge >= 0.3 is 0 Å². The first-order valence-corrected chi connectivity index (χ1v) is 10.0. The Labute approximate surface area is 165 Å². The largest absolute Gasteiger partial charge is 0.496 e. The molecule has 0 atom stereocenters. The lowest BCUT2D eigenvalue weighted by Crippen LogP contribution is -2.03. The topological polar surface area (TPSA) is 80.3 Å². The highest BCUT2D eigenvalue weighted by atomic mass is 32.2. The number of sulfone groups is 1. The molecule has 0 spiro atoms. The molecule has 2 aromatic carbocycles. The van der Waals surface area contributed by atoms with Crippen LogP contribution in [0, 0.1) is 0 Å². The van der Waals surface area contributed by atoms with Crippen LogP contribution in [-0.4, -0.2) is 44.0 Å². The summed E-state index contributed by atoms with van der Waals surface area (Å²) in [6.45, 7) is 0. The molecule has 0 radical (unpaired) electrons. The standard InChI is InChI=1S/C20H24O7S/c1-23-16-7-6-8-17(24-2)15(16)9-10-28(21,22)13-14-11-18(25-3)20(27-5)19(12-14)26-4/h6-12H,13H2,1-5H3/b10-9+. The van der Waals surface area contributed by atoms with E-state index in [1.54, 1.807) is 30.3 Å². The summed E-state index contributed by atoms with van der Waals surface area (Å²) in [5.41, 5.74) is 1.05. The molecule has 0 aliphatic carbocycles. The molecule has 0 saturated heterocycles. The number of methoxy groups -OCH3 is 5. The molecular formula is C20H24O7S. The summed E-state index contributed by atoms with van der Waals surface area (Å²) in [7, 11) is 3.86. The summed E-state index contributed by atoms with van der Waals surface area (Å²) < 4.78 is 51.7. The Kier molecular flexibility index (Phi) is 7.17. The molecule has 0 aliphatic rings. The minimum absolute atomic E-state index is 0.238. The molecule has 0 saturated carbocycles. The van der Waals surface area contributed by atoms with Gasteiger partial charge in [0.05, 0.1) is 46.9 Å². The molecule has 2 aromatic rings. The summed E-state index contributed by atoms with van der Waals surface area (Å²) >= 11 is 0. The second kappa shape index (κ2) is 9.36. The Bertz CT molecular complexity index is 902. The summed E-state index contributed by atoms with van der Waals surface area (Å²) in [5, 5.41) is 1.14. The van der Waals surface area contributed by atoms with Crippen LogP contribution in [0.1, 0.15) is 11.1 Å². The van der Waals surface area contributed by atoms with Crippen molar-refractivity contribution in [3.8, 4) is 28.7 Å². The molecule has 0 N–H and O–H groups in total. The van der Waals surface area contributed by atoms with Crippen molar-refractivity contribution >= 4 is 15.9 Å². The van der Waals surface area contributed by atoms with Crippen molar-refractivity contribution in [2.75, 3.05) is 35.5 Å². The smallest absolute Gasteiger partial charge is 0.203 e. The van der Waals surface area contributed by atoms with Crippen LogP contribution in [0.2, 0.25) is 0 Å². The van der Waals surface area contributed by atoms with Gasteiger partial charge in [-0.15, -0.1) is 0 Å². The summed E-state index contributed by atoms with van der Waals surface area (Å²) in [6, 6.07) is 8.44. The first kappa shape index (κ1) is 21.4. The molecule has 0 heterocycles.